The van der Waals surface area contributed by atoms with E-state index in [0.717, 1.165) is 5.56 Å². The lowest BCUT2D eigenvalue weighted by Crippen LogP contribution is -2.02. The first-order chi connectivity index (χ1) is 10.0. The Morgan fingerprint density at radius 1 is 1.29 bits per heavy atom. The third kappa shape index (κ3) is 3.59. The number of nitrogens with zero attached hydrogens (tertiary/aromatic N) is 1. The molecule has 4 heteroatoms. The van der Waals surface area contributed by atoms with Crippen LogP contribution in [0.3, 0.4) is 0 Å². The molecule has 0 bridgehead atoms. The summed E-state index contributed by atoms with van der Waals surface area (Å²) in [6, 6.07) is 11.7. The monoisotopic (exact) mass is 285 g/mol. The molecule has 2 aromatic carbocycles. The molecule has 0 aliphatic carbocycles. The normalized spacial score (nSPS) is 11.8. The van der Waals surface area contributed by atoms with E-state index in [9.17, 15) is 9.50 Å². The Labute approximate surface area is 123 Å². The lowest BCUT2D eigenvalue weighted by atomic mass is 10.1. The fourth-order valence-corrected chi connectivity index (χ4v) is 2.03. The van der Waals surface area contributed by atoms with E-state index in [1.165, 1.54) is 12.1 Å². The SMILES string of the molecule is Cc1ccc(OCc2ccc(F)c(C#N)c2)c([C@H](C)O)c1. The van der Waals surface area contributed by atoms with E-state index >= 15 is 0 Å². The molecule has 21 heavy (non-hydrogen) atoms. The smallest absolute Gasteiger partial charge is 0.140 e. The molecule has 0 aromatic heterocycles. The van der Waals surface area contributed by atoms with Gasteiger partial charge in [0.1, 0.15) is 24.2 Å². The van der Waals surface area contributed by atoms with Crippen molar-refractivity contribution >= 4 is 0 Å². The molecule has 0 amide bonds. The van der Waals surface area contributed by atoms with Crippen LogP contribution in [0, 0.1) is 24.1 Å². The van der Waals surface area contributed by atoms with Crippen LogP contribution in [0.15, 0.2) is 36.4 Å². The average Bonchev–Trinajstić information content (AvgIpc) is 2.47. The number of nitriles is 1. The minimum atomic E-state index is -0.636. The molecule has 0 saturated carbocycles. The summed E-state index contributed by atoms with van der Waals surface area (Å²) < 4.78 is 18.9. The molecule has 0 saturated heterocycles. The highest BCUT2D eigenvalue weighted by Crippen LogP contribution is 2.27. The van der Waals surface area contributed by atoms with Crippen LogP contribution in [-0.2, 0) is 6.61 Å². The summed E-state index contributed by atoms with van der Waals surface area (Å²) in [5.41, 5.74) is 2.44. The first-order valence-corrected chi connectivity index (χ1v) is 6.61. The van der Waals surface area contributed by atoms with Gasteiger partial charge in [0.25, 0.3) is 0 Å². The highest BCUT2D eigenvalue weighted by Gasteiger charge is 2.10. The fourth-order valence-electron chi connectivity index (χ4n) is 2.03. The predicted octanol–water partition coefficient (Wildman–Crippen LogP) is 3.64. The van der Waals surface area contributed by atoms with Crippen LogP contribution in [0.2, 0.25) is 0 Å². The highest BCUT2D eigenvalue weighted by molar-refractivity contribution is 5.39. The van der Waals surface area contributed by atoms with Gasteiger partial charge in [-0.2, -0.15) is 5.26 Å². The zero-order chi connectivity index (χ0) is 15.4. The maximum Gasteiger partial charge on any atom is 0.140 e. The third-order valence-corrected chi connectivity index (χ3v) is 3.16. The predicted molar refractivity (Wildman–Crippen MR) is 77.3 cm³/mol. The maximum absolute atomic E-state index is 13.3. The van der Waals surface area contributed by atoms with Gasteiger partial charge in [-0.3, -0.25) is 0 Å². The van der Waals surface area contributed by atoms with Crippen LogP contribution in [-0.4, -0.2) is 5.11 Å². The maximum atomic E-state index is 13.3. The second kappa shape index (κ2) is 6.38. The number of halogens is 1. The van der Waals surface area contributed by atoms with Crippen LogP contribution in [0.1, 0.15) is 35.3 Å². The number of rotatable bonds is 4. The summed E-state index contributed by atoms with van der Waals surface area (Å²) in [6.45, 7) is 3.82. The number of aliphatic hydroxyl groups excluding tert-OH is 1. The molecule has 0 radical (unpaired) electrons. The number of benzene rings is 2. The lowest BCUT2D eigenvalue weighted by molar-refractivity contribution is 0.190. The average molecular weight is 285 g/mol. The summed E-state index contributed by atoms with van der Waals surface area (Å²) in [5.74, 6) is 0.0414. The Balaban J connectivity index is 2.19. The van der Waals surface area contributed by atoms with Crippen molar-refractivity contribution in [1.82, 2.24) is 0 Å². The van der Waals surface area contributed by atoms with Crippen LogP contribution in [0.4, 0.5) is 4.39 Å². The van der Waals surface area contributed by atoms with Gasteiger partial charge in [0.2, 0.25) is 0 Å². The Morgan fingerprint density at radius 3 is 2.71 bits per heavy atom. The quantitative estimate of drug-likeness (QED) is 0.933. The van der Waals surface area contributed by atoms with Crippen LogP contribution in [0.5, 0.6) is 5.75 Å². The van der Waals surface area contributed by atoms with Gasteiger partial charge in [-0.15, -0.1) is 0 Å². The second-order valence-corrected chi connectivity index (χ2v) is 4.93. The standard InChI is InChI=1S/C17H16FNO2/c1-11-3-6-17(15(7-11)12(2)20)21-10-13-4-5-16(18)14(8-13)9-19/h3-8,12,20H,10H2,1-2H3/t12-/m0/s1. The Kier molecular flexibility index (Phi) is 4.56. The summed E-state index contributed by atoms with van der Waals surface area (Å²) >= 11 is 0. The van der Waals surface area contributed by atoms with Crippen LogP contribution in [0.25, 0.3) is 0 Å². The van der Waals surface area contributed by atoms with Crippen molar-refractivity contribution < 1.29 is 14.2 Å². The van der Waals surface area contributed by atoms with Crippen molar-refractivity contribution in [3.05, 3.63) is 64.5 Å². The molecule has 0 aliphatic heterocycles. The number of aliphatic hydroxyl groups is 1. The van der Waals surface area contributed by atoms with Crippen molar-refractivity contribution in [3.63, 3.8) is 0 Å². The lowest BCUT2D eigenvalue weighted by Gasteiger charge is -2.14. The number of aryl methyl sites for hydroxylation is 1. The molecular formula is C17H16FNO2. The molecule has 1 atom stereocenters. The highest BCUT2D eigenvalue weighted by atomic mass is 19.1. The van der Waals surface area contributed by atoms with E-state index in [1.54, 1.807) is 25.1 Å². The van der Waals surface area contributed by atoms with E-state index in [0.29, 0.717) is 16.9 Å². The third-order valence-electron chi connectivity index (χ3n) is 3.16. The van der Waals surface area contributed by atoms with E-state index in [4.69, 9.17) is 10.00 Å². The van der Waals surface area contributed by atoms with Crippen molar-refractivity contribution in [2.75, 3.05) is 0 Å². The molecule has 1 N–H and O–H groups in total. The topological polar surface area (TPSA) is 53.2 Å². The molecule has 2 aromatic rings. The van der Waals surface area contributed by atoms with E-state index in [1.807, 2.05) is 19.1 Å². The van der Waals surface area contributed by atoms with Gasteiger partial charge >= 0.3 is 0 Å². The van der Waals surface area contributed by atoms with Gasteiger partial charge in [-0.05, 0) is 43.7 Å². The second-order valence-electron chi connectivity index (χ2n) is 4.93. The van der Waals surface area contributed by atoms with E-state index < -0.39 is 11.9 Å². The zero-order valence-corrected chi connectivity index (χ0v) is 11.9. The van der Waals surface area contributed by atoms with Gasteiger partial charge in [0.15, 0.2) is 0 Å². The van der Waals surface area contributed by atoms with Gasteiger partial charge in [0, 0.05) is 5.56 Å². The van der Waals surface area contributed by atoms with Crippen LogP contribution >= 0.6 is 0 Å². The molecule has 0 aliphatic rings. The van der Waals surface area contributed by atoms with Crippen LogP contribution < -0.4 is 4.74 Å². The van der Waals surface area contributed by atoms with Gasteiger partial charge in [0.05, 0.1) is 11.7 Å². The van der Waals surface area contributed by atoms with Gasteiger partial charge in [-0.1, -0.05) is 17.7 Å². The summed E-state index contributed by atoms with van der Waals surface area (Å²) in [5, 5.41) is 18.6. The number of hydrogen-bond acceptors (Lipinski definition) is 3. The summed E-state index contributed by atoms with van der Waals surface area (Å²) in [6.07, 6.45) is -0.636. The van der Waals surface area contributed by atoms with Crippen molar-refractivity contribution in [2.45, 2.75) is 26.6 Å². The first-order valence-electron chi connectivity index (χ1n) is 6.61. The molecule has 0 spiro atoms. The van der Waals surface area contributed by atoms with Gasteiger partial charge in [-0.25, -0.2) is 4.39 Å². The van der Waals surface area contributed by atoms with Gasteiger partial charge < -0.3 is 9.84 Å². The Bertz CT molecular complexity index is 690. The Hall–Kier alpha value is -2.38. The van der Waals surface area contributed by atoms with Crippen molar-refractivity contribution in [3.8, 4) is 11.8 Å². The molecule has 2 rings (SSSR count). The molecule has 108 valence electrons. The number of ether oxygens (including phenoxy) is 1. The van der Waals surface area contributed by atoms with Crippen molar-refractivity contribution in [2.24, 2.45) is 0 Å². The first kappa shape index (κ1) is 15.0. The molecule has 0 heterocycles. The Morgan fingerprint density at radius 2 is 2.05 bits per heavy atom. The summed E-state index contributed by atoms with van der Waals surface area (Å²) in [4.78, 5) is 0. The minimum absolute atomic E-state index is 0.00393. The van der Waals surface area contributed by atoms with E-state index in [2.05, 4.69) is 0 Å². The molecule has 0 unspecified atom stereocenters. The molecule has 0 fully saturated rings. The zero-order valence-electron chi connectivity index (χ0n) is 11.9. The molecular weight excluding hydrogens is 269 g/mol. The van der Waals surface area contributed by atoms with E-state index in [-0.39, 0.29) is 12.2 Å². The fraction of sp³-hybridized carbons (Fsp3) is 0.235. The minimum Gasteiger partial charge on any atom is -0.489 e. The largest absolute Gasteiger partial charge is 0.489 e. The summed E-state index contributed by atoms with van der Waals surface area (Å²) in [7, 11) is 0. The number of hydrogen-bond donors (Lipinski definition) is 1. The molecule has 3 nitrogen and oxygen atoms in total. The van der Waals surface area contributed by atoms with Crippen molar-refractivity contribution in [1.29, 1.82) is 5.26 Å².